The van der Waals surface area contributed by atoms with Crippen LogP contribution >= 0.6 is 0 Å². The largest absolute Gasteiger partial charge is 0.379 e. The van der Waals surface area contributed by atoms with Gasteiger partial charge in [-0.1, -0.05) is 33.6 Å². The summed E-state index contributed by atoms with van der Waals surface area (Å²) in [5.41, 5.74) is -1.11. The molecule has 20 heavy (non-hydrogen) atoms. The Labute approximate surface area is 122 Å². The van der Waals surface area contributed by atoms with Crippen molar-refractivity contribution in [3.8, 4) is 0 Å². The fourth-order valence-electron chi connectivity index (χ4n) is 3.40. The number of hydrogen-bond donors (Lipinski definition) is 2. The van der Waals surface area contributed by atoms with Crippen molar-refractivity contribution in [3.63, 3.8) is 0 Å². The van der Waals surface area contributed by atoms with E-state index in [1.54, 1.807) is 0 Å². The summed E-state index contributed by atoms with van der Waals surface area (Å²) in [6.07, 6.45) is 6.36. The molecule has 0 spiro atoms. The lowest BCUT2D eigenvalue weighted by molar-refractivity contribution is -0.158. The molecule has 2 N–H and O–H groups in total. The summed E-state index contributed by atoms with van der Waals surface area (Å²) in [5, 5.41) is 14.1. The summed E-state index contributed by atoms with van der Waals surface area (Å²) >= 11 is 0. The van der Waals surface area contributed by atoms with Crippen LogP contribution in [0.1, 0.15) is 59.3 Å². The number of hydrogen-bond acceptors (Lipinski definition) is 3. The van der Waals surface area contributed by atoms with Crippen LogP contribution in [-0.2, 0) is 4.79 Å². The number of nitrogens with one attached hydrogen (secondary N) is 1. The molecule has 0 radical (unpaired) electrons. The topological polar surface area (TPSA) is 52.6 Å². The summed E-state index contributed by atoms with van der Waals surface area (Å²) in [6.45, 7) is 8.30. The lowest BCUT2D eigenvalue weighted by Crippen LogP contribution is -2.59. The monoisotopic (exact) mass is 282 g/mol. The van der Waals surface area contributed by atoms with Gasteiger partial charge in [-0.2, -0.15) is 0 Å². The van der Waals surface area contributed by atoms with E-state index in [9.17, 15) is 9.90 Å². The highest BCUT2D eigenvalue weighted by Gasteiger charge is 2.43. The molecule has 1 atom stereocenters. The fourth-order valence-corrected chi connectivity index (χ4v) is 3.40. The SMILES string of the molecule is CC(C)(C)CN1CCC[C@](O)(CNC2CCCC2)C1=O. The van der Waals surface area contributed by atoms with E-state index in [4.69, 9.17) is 0 Å². The molecule has 1 aliphatic heterocycles. The molecule has 1 heterocycles. The Hall–Kier alpha value is -0.610. The normalized spacial score (nSPS) is 29.2. The molecule has 116 valence electrons. The second-order valence-corrected chi connectivity index (χ2v) is 7.78. The minimum absolute atomic E-state index is 0.0762. The zero-order valence-electron chi connectivity index (χ0n) is 13.2. The highest BCUT2D eigenvalue weighted by atomic mass is 16.3. The third-order valence-corrected chi connectivity index (χ3v) is 4.41. The first-order chi connectivity index (χ1) is 9.30. The van der Waals surface area contributed by atoms with Crippen LogP contribution in [0.25, 0.3) is 0 Å². The molecule has 2 aliphatic rings. The lowest BCUT2D eigenvalue weighted by Gasteiger charge is -2.41. The minimum Gasteiger partial charge on any atom is -0.379 e. The van der Waals surface area contributed by atoms with Crippen LogP contribution in [0.4, 0.5) is 0 Å². The van der Waals surface area contributed by atoms with Gasteiger partial charge in [0.15, 0.2) is 5.60 Å². The van der Waals surface area contributed by atoms with E-state index in [2.05, 4.69) is 26.1 Å². The van der Waals surface area contributed by atoms with E-state index in [0.29, 0.717) is 19.0 Å². The van der Waals surface area contributed by atoms with Gasteiger partial charge in [-0.25, -0.2) is 0 Å². The van der Waals surface area contributed by atoms with Gasteiger partial charge in [0.25, 0.3) is 5.91 Å². The van der Waals surface area contributed by atoms with Crippen LogP contribution < -0.4 is 5.32 Å². The molecule has 0 bridgehead atoms. The molecule has 0 unspecified atom stereocenters. The highest BCUT2D eigenvalue weighted by molar-refractivity contribution is 5.86. The van der Waals surface area contributed by atoms with Gasteiger partial charge in [0.05, 0.1) is 0 Å². The van der Waals surface area contributed by atoms with Crippen LogP contribution in [0.15, 0.2) is 0 Å². The van der Waals surface area contributed by atoms with Crippen LogP contribution in [0.2, 0.25) is 0 Å². The van der Waals surface area contributed by atoms with Crippen molar-refractivity contribution in [3.05, 3.63) is 0 Å². The molecule has 1 saturated heterocycles. The van der Waals surface area contributed by atoms with Crippen molar-refractivity contribution in [2.45, 2.75) is 70.9 Å². The smallest absolute Gasteiger partial charge is 0.255 e. The van der Waals surface area contributed by atoms with E-state index in [1.807, 2.05) is 4.90 Å². The number of nitrogens with zero attached hydrogens (tertiary/aromatic N) is 1. The number of aliphatic hydroxyl groups is 1. The van der Waals surface area contributed by atoms with Crippen molar-refractivity contribution in [2.75, 3.05) is 19.6 Å². The number of likely N-dealkylation sites (tertiary alicyclic amines) is 1. The number of carbonyl (C=O) groups excluding carboxylic acids is 1. The molecule has 0 aromatic carbocycles. The quantitative estimate of drug-likeness (QED) is 0.828. The molecular weight excluding hydrogens is 252 g/mol. The molecule has 0 aromatic heterocycles. The standard InChI is InChI=1S/C16H30N2O2/c1-15(2,3)12-18-10-6-9-16(20,14(18)19)11-17-13-7-4-5-8-13/h13,17,20H,4-12H2,1-3H3/t16-/m0/s1. The first kappa shape index (κ1) is 15.8. The van der Waals surface area contributed by atoms with Crippen molar-refractivity contribution < 1.29 is 9.90 Å². The number of piperidine rings is 1. The molecule has 4 heteroatoms. The van der Waals surface area contributed by atoms with Gasteiger partial charge in [-0.05, 0) is 31.1 Å². The van der Waals surface area contributed by atoms with Crippen LogP contribution in [0.3, 0.4) is 0 Å². The second kappa shape index (κ2) is 6.02. The molecular formula is C16H30N2O2. The van der Waals surface area contributed by atoms with E-state index < -0.39 is 5.60 Å². The summed E-state index contributed by atoms with van der Waals surface area (Å²) in [5.74, 6) is -0.0795. The first-order valence-electron chi connectivity index (χ1n) is 8.05. The summed E-state index contributed by atoms with van der Waals surface area (Å²) in [7, 11) is 0. The van der Waals surface area contributed by atoms with Gasteiger partial charge in [-0.15, -0.1) is 0 Å². The van der Waals surface area contributed by atoms with Gasteiger partial charge >= 0.3 is 0 Å². The van der Waals surface area contributed by atoms with Crippen LogP contribution in [0, 0.1) is 5.41 Å². The number of carbonyl (C=O) groups is 1. The Morgan fingerprint density at radius 2 is 1.95 bits per heavy atom. The highest BCUT2D eigenvalue weighted by Crippen LogP contribution is 2.26. The average molecular weight is 282 g/mol. The van der Waals surface area contributed by atoms with Gasteiger partial charge in [0.2, 0.25) is 0 Å². The van der Waals surface area contributed by atoms with Crippen molar-refractivity contribution in [2.24, 2.45) is 5.41 Å². The Kier molecular flexibility index (Phi) is 4.75. The predicted molar refractivity (Wildman–Crippen MR) is 80.5 cm³/mol. The summed E-state index contributed by atoms with van der Waals surface area (Å²) < 4.78 is 0. The predicted octanol–water partition coefficient (Wildman–Crippen LogP) is 1.92. The Bertz CT molecular complexity index is 345. The van der Waals surface area contributed by atoms with Crippen molar-refractivity contribution in [1.29, 1.82) is 0 Å². The maximum absolute atomic E-state index is 12.6. The molecule has 2 rings (SSSR count). The van der Waals surface area contributed by atoms with Crippen LogP contribution in [0.5, 0.6) is 0 Å². The Morgan fingerprint density at radius 1 is 1.30 bits per heavy atom. The Morgan fingerprint density at radius 3 is 2.55 bits per heavy atom. The van der Waals surface area contributed by atoms with Gasteiger partial charge < -0.3 is 15.3 Å². The summed E-state index contributed by atoms with van der Waals surface area (Å²) in [6, 6.07) is 0.491. The van der Waals surface area contributed by atoms with Gasteiger partial charge in [-0.3, -0.25) is 4.79 Å². The molecule has 1 amide bonds. The lowest BCUT2D eigenvalue weighted by atomic mass is 9.88. The maximum atomic E-state index is 12.6. The van der Waals surface area contributed by atoms with Gasteiger partial charge in [0.1, 0.15) is 0 Å². The first-order valence-corrected chi connectivity index (χ1v) is 8.05. The average Bonchev–Trinajstić information content (AvgIpc) is 2.84. The van der Waals surface area contributed by atoms with Crippen LogP contribution in [-0.4, -0.2) is 47.2 Å². The van der Waals surface area contributed by atoms with Gasteiger partial charge in [0, 0.05) is 25.7 Å². The zero-order chi connectivity index (χ0) is 14.8. The molecule has 2 fully saturated rings. The third-order valence-electron chi connectivity index (χ3n) is 4.41. The molecule has 1 saturated carbocycles. The zero-order valence-corrected chi connectivity index (χ0v) is 13.2. The minimum atomic E-state index is -1.19. The molecule has 1 aliphatic carbocycles. The molecule has 4 nitrogen and oxygen atoms in total. The number of amides is 1. The fraction of sp³-hybridized carbons (Fsp3) is 0.938. The summed E-state index contributed by atoms with van der Waals surface area (Å²) in [4.78, 5) is 14.4. The van der Waals surface area contributed by atoms with E-state index in [0.717, 1.165) is 19.5 Å². The van der Waals surface area contributed by atoms with Crippen molar-refractivity contribution >= 4 is 5.91 Å². The van der Waals surface area contributed by atoms with E-state index >= 15 is 0 Å². The van der Waals surface area contributed by atoms with E-state index in [-0.39, 0.29) is 11.3 Å². The third kappa shape index (κ3) is 3.95. The number of rotatable bonds is 4. The molecule has 0 aromatic rings. The maximum Gasteiger partial charge on any atom is 0.255 e. The van der Waals surface area contributed by atoms with Crippen molar-refractivity contribution in [1.82, 2.24) is 10.2 Å². The van der Waals surface area contributed by atoms with E-state index in [1.165, 1.54) is 25.7 Å². The Balaban J connectivity index is 1.93. The second-order valence-electron chi connectivity index (χ2n) is 7.78.